The van der Waals surface area contributed by atoms with Crippen molar-refractivity contribution in [2.75, 3.05) is 5.75 Å². The minimum atomic E-state index is -0.920. The van der Waals surface area contributed by atoms with E-state index in [-0.39, 0.29) is 11.3 Å². The van der Waals surface area contributed by atoms with Crippen molar-refractivity contribution < 1.29 is 9.59 Å². The van der Waals surface area contributed by atoms with E-state index < -0.39 is 11.9 Å². The molecule has 4 rings (SSSR count). The highest BCUT2D eigenvalue weighted by Crippen LogP contribution is 2.37. The van der Waals surface area contributed by atoms with Crippen LogP contribution in [0.5, 0.6) is 0 Å². The van der Waals surface area contributed by atoms with Crippen LogP contribution in [0.3, 0.4) is 0 Å². The van der Waals surface area contributed by atoms with Crippen molar-refractivity contribution in [3.8, 4) is 5.69 Å². The van der Waals surface area contributed by atoms with Crippen molar-refractivity contribution in [1.82, 2.24) is 14.9 Å². The van der Waals surface area contributed by atoms with Gasteiger partial charge in [-0.2, -0.15) is 0 Å². The summed E-state index contributed by atoms with van der Waals surface area (Å²) in [5.74, 6) is -0.0903. The molecule has 2 heterocycles. The quantitative estimate of drug-likeness (QED) is 0.439. The molecule has 0 spiro atoms. The van der Waals surface area contributed by atoms with Gasteiger partial charge in [0.15, 0.2) is 5.16 Å². The number of aromatic nitrogens is 2. The number of hydrogen-bond donors (Lipinski definition) is 2. The lowest BCUT2D eigenvalue weighted by molar-refractivity contribution is -0.117. The molecule has 162 valence electrons. The van der Waals surface area contributed by atoms with Gasteiger partial charge < -0.3 is 5.73 Å². The smallest absolute Gasteiger partial charge is 0.318 e. The maximum atomic E-state index is 13.7. The first kappa shape index (κ1) is 21.9. The monoisotopic (exact) mass is 476 g/mol. The third kappa shape index (κ3) is 4.35. The Labute approximate surface area is 192 Å². The minimum absolute atomic E-state index is 0.109. The van der Waals surface area contributed by atoms with Crippen molar-refractivity contribution in [3.05, 3.63) is 49.6 Å². The van der Waals surface area contributed by atoms with E-state index in [4.69, 9.17) is 22.3 Å². The Morgan fingerprint density at radius 3 is 2.90 bits per heavy atom. The summed E-state index contributed by atoms with van der Waals surface area (Å²) < 4.78 is 1.50. The average Bonchev–Trinajstić information content (AvgIpc) is 3.05. The van der Waals surface area contributed by atoms with Crippen molar-refractivity contribution in [3.63, 3.8) is 0 Å². The molecule has 0 saturated carbocycles. The molecule has 1 atom stereocenters. The van der Waals surface area contributed by atoms with Gasteiger partial charge >= 0.3 is 6.03 Å². The summed E-state index contributed by atoms with van der Waals surface area (Å²) in [6.45, 7) is 4.10. The lowest BCUT2D eigenvalue weighted by atomic mass is 9.89. The predicted molar refractivity (Wildman–Crippen MR) is 125 cm³/mol. The summed E-state index contributed by atoms with van der Waals surface area (Å²) >= 11 is 8.95. The van der Waals surface area contributed by atoms with E-state index in [2.05, 4.69) is 6.92 Å². The number of amides is 3. The second kappa shape index (κ2) is 8.64. The highest BCUT2D eigenvalue weighted by Gasteiger charge is 2.25. The Morgan fingerprint density at radius 1 is 1.42 bits per heavy atom. The Morgan fingerprint density at radius 2 is 2.19 bits per heavy atom. The van der Waals surface area contributed by atoms with Crippen molar-refractivity contribution in [1.29, 1.82) is 0 Å². The molecule has 31 heavy (non-hydrogen) atoms. The van der Waals surface area contributed by atoms with Crippen LogP contribution in [0.4, 0.5) is 4.79 Å². The van der Waals surface area contributed by atoms with Crippen LogP contribution in [0.2, 0.25) is 5.02 Å². The van der Waals surface area contributed by atoms with Crippen LogP contribution in [0, 0.1) is 12.8 Å². The van der Waals surface area contributed by atoms with Crippen LogP contribution < -0.4 is 16.6 Å². The third-order valence-corrected chi connectivity index (χ3v) is 7.80. The van der Waals surface area contributed by atoms with E-state index in [0.29, 0.717) is 32.0 Å². The number of nitrogens with two attached hydrogens (primary N) is 1. The van der Waals surface area contributed by atoms with Crippen molar-refractivity contribution in [2.24, 2.45) is 11.7 Å². The number of imide groups is 1. The summed E-state index contributed by atoms with van der Waals surface area (Å²) in [5.41, 5.74) is 7.41. The number of thioether (sulfide) groups is 1. The molecule has 0 aliphatic heterocycles. The number of nitrogens with one attached hydrogen (secondary N) is 1. The molecule has 2 aromatic heterocycles. The number of fused-ring (bicyclic) bond motifs is 3. The van der Waals surface area contributed by atoms with E-state index in [1.54, 1.807) is 17.4 Å². The number of carbonyl (C=O) groups is 2. The molecule has 7 nitrogen and oxygen atoms in total. The average molecular weight is 477 g/mol. The Bertz CT molecular complexity index is 1270. The fourth-order valence-corrected chi connectivity index (χ4v) is 6.13. The summed E-state index contributed by atoms with van der Waals surface area (Å²) in [6.07, 6.45) is 2.84. The molecule has 0 fully saturated rings. The zero-order valence-corrected chi connectivity index (χ0v) is 19.4. The summed E-state index contributed by atoms with van der Waals surface area (Å²) in [6, 6.07) is 4.45. The van der Waals surface area contributed by atoms with Crippen LogP contribution in [-0.2, 0) is 17.6 Å². The number of hydrogen-bond acceptors (Lipinski definition) is 6. The molecular weight excluding hydrogens is 456 g/mol. The second-order valence-corrected chi connectivity index (χ2v) is 10.1. The zero-order chi connectivity index (χ0) is 22.3. The normalized spacial score (nSPS) is 15.6. The van der Waals surface area contributed by atoms with E-state index in [0.717, 1.165) is 42.2 Å². The van der Waals surface area contributed by atoms with Gasteiger partial charge in [-0.05, 0) is 55.4 Å². The molecule has 3 N–H and O–H groups in total. The van der Waals surface area contributed by atoms with Crippen LogP contribution in [0.25, 0.3) is 15.9 Å². The lowest BCUT2D eigenvalue weighted by Gasteiger charge is -2.18. The van der Waals surface area contributed by atoms with Gasteiger partial charge in [-0.15, -0.1) is 11.3 Å². The van der Waals surface area contributed by atoms with Crippen molar-refractivity contribution in [2.45, 2.75) is 38.3 Å². The van der Waals surface area contributed by atoms with Gasteiger partial charge in [0.25, 0.3) is 5.56 Å². The number of thiophene rings is 1. The Kier molecular flexibility index (Phi) is 6.09. The molecular formula is C21H21ClN4O3S2. The number of aryl methyl sites for hydroxylation is 2. The summed E-state index contributed by atoms with van der Waals surface area (Å²) in [5, 5.41) is 3.58. The molecule has 3 aromatic rings. The van der Waals surface area contributed by atoms with E-state index >= 15 is 0 Å². The number of halogens is 1. The molecule has 0 bridgehead atoms. The highest BCUT2D eigenvalue weighted by atomic mass is 35.5. The SMILES string of the molecule is Cc1ccc(-n2c(SCC(=O)NC(N)=O)nc3sc4c(c3c2=O)CCC(C)C4)cc1Cl. The van der Waals surface area contributed by atoms with E-state index in [1.807, 2.05) is 24.4 Å². The molecule has 0 radical (unpaired) electrons. The lowest BCUT2D eigenvalue weighted by Crippen LogP contribution is -2.36. The maximum Gasteiger partial charge on any atom is 0.318 e. The molecule has 1 aromatic carbocycles. The van der Waals surface area contributed by atoms with Gasteiger partial charge in [0.2, 0.25) is 5.91 Å². The molecule has 1 aliphatic rings. The number of benzene rings is 1. The Hall–Kier alpha value is -2.36. The largest absolute Gasteiger partial charge is 0.351 e. The first-order chi connectivity index (χ1) is 14.7. The summed E-state index contributed by atoms with van der Waals surface area (Å²) in [4.78, 5) is 43.2. The fourth-order valence-electron chi connectivity index (χ4n) is 3.72. The van der Waals surface area contributed by atoms with Gasteiger partial charge in [0, 0.05) is 9.90 Å². The van der Waals surface area contributed by atoms with Crippen LogP contribution in [0.1, 0.15) is 29.3 Å². The van der Waals surface area contributed by atoms with Gasteiger partial charge in [0.05, 0.1) is 16.8 Å². The highest BCUT2D eigenvalue weighted by molar-refractivity contribution is 7.99. The van der Waals surface area contributed by atoms with Gasteiger partial charge in [-0.25, -0.2) is 9.78 Å². The number of carbonyl (C=O) groups excluding carboxylic acids is 2. The zero-order valence-electron chi connectivity index (χ0n) is 17.0. The summed E-state index contributed by atoms with van der Waals surface area (Å²) in [7, 11) is 0. The van der Waals surface area contributed by atoms with Gasteiger partial charge in [-0.3, -0.25) is 19.5 Å². The molecule has 1 unspecified atom stereocenters. The minimum Gasteiger partial charge on any atom is -0.351 e. The number of nitrogens with zero attached hydrogens (tertiary/aromatic N) is 2. The first-order valence-corrected chi connectivity index (χ1v) is 12.0. The fraction of sp³-hybridized carbons (Fsp3) is 0.333. The third-order valence-electron chi connectivity index (χ3n) is 5.31. The van der Waals surface area contributed by atoms with E-state index in [1.165, 1.54) is 9.44 Å². The standard InChI is InChI=1S/C21H21ClN4O3S2/c1-10-3-6-13-15(7-10)31-18-17(13)19(28)26(12-5-4-11(2)14(22)8-12)21(25-18)30-9-16(27)24-20(23)29/h4-5,8,10H,3,6-7,9H2,1-2H3,(H3,23,24,27,29). The topological polar surface area (TPSA) is 107 Å². The Balaban J connectivity index is 1.87. The molecule has 1 aliphatic carbocycles. The van der Waals surface area contributed by atoms with Crippen molar-refractivity contribution >= 4 is 56.9 Å². The van der Waals surface area contributed by atoms with Crippen LogP contribution in [0.15, 0.2) is 28.2 Å². The van der Waals surface area contributed by atoms with Gasteiger partial charge in [0.1, 0.15) is 4.83 Å². The van der Waals surface area contributed by atoms with E-state index in [9.17, 15) is 14.4 Å². The maximum absolute atomic E-state index is 13.7. The number of rotatable bonds is 4. The molecule has 10 heteroatoms. The second-order valence-electron chi connectivity index (χ2n) is 7.70. The number of primary amides is 1. The number of urea groups is 1. The molecule has 3 amide bonds. The predicted octanol–water partition coefficient (Wildman–Crippen LogP) is 3.82. The molecule has 0 saturated heterocycles. The van der Waals surface area contributed by atoms with Crippen LogP contribution >= 0.6 is 34.7 Å². The van der Waals surface area contributed by atoms with Gasteiger partial charge in [-0.1, -0.05) is 36.4 Å². The van der Waals surface area contributed by atoms with Crippen LogP contribution in [-0.4, -0.2) is 27.2 Å². The first-order valence-electron chi connectivity index (χ1n) is 9.80.